The van der Waals surface area contributed by atoms with Crippen molar-refractivity contribution in [2.45, 2.75) is 51.2 Å². The second kappa shape index (κ2) is 8.93. The lowest BCUT2D eigenvalue weighted by molar-refractivity contribution is -0.161. The topological polar surface area (TPSA) is 52.6 Å². The number of hydrogen-bond donors (Lipinski definition) is 0. The Labute approximate surface area is 136 Å². The Balaban J connectivity index is 2.40. The highest BCUT2D eigenvalue weighted by Gasteiger charge is 2.36. The Morgan fingerprint density at radius 3 is 2.05 bits per heavy atom. The van der Waals surface area contributed by atoms with Crippen molar-refractivity contribution in [3.63, 3.8) is 0 Å². The number of ether oxygens (including phenoxy) is 2. The van der Waals surface area contributed by atoms with Crippen LogP contribution < -0.4 is 0 Å². The van der Waals surface area contributed by atoms with E-state index >= 15 is 0 Å². The maximum Gasteiger partial charge on any atom is 0.316 e. The molecule has 0 bridgehead atoms. The molecule has 0 amide bonds. The number of rotatable bonds is 7. The number of hydrogen-bond acceptors (Lipinski definition) is 6. The molecule has 1 saturated carbocycles. The number of carbonyl (C=O) groups is 2. The minimum Gasteiger partial charge on any atom is -0.462 e. The molecule has 0 radical (unpaired) electrons. The van der Waals surface area contributed by atoms with Crippen LogP contribution in [0.5, 0.6) is 0 Å². The van der Waals surface area contributed by atoms with Gasteiger partial charge < -0.3 is 9.47 Å². The average molecular weight is 335 g/mol. The van der Waals surface area contributed by atoms with Gasteiger partial charge in [-0.05, 0) is 58.0 Å². The van der Waals surface area contributed by atoms with Gasteiger partial charge in [0.25, 0.3) is 0 Å². The van der Waals surface area contributed by atoms with E-state index in [0.717, 1.165) is 25.7 Å². The van der Waals surface area contributed by atoms with E-state index in [-0.39, 0.29) is 18.0 Å². The molecule has 0 saturated heterocycles. The number of thioether (sulfide) groups is 2. The summed E-state index contributed by atoms with van der Waals surface area (Å²) in [5.41, 5.74) is -0.443. The zero-order chi connectivity index (χ0) is 15.9. The maximum absolute atomic E-state index is 11.7. The van der Waals surface area contributed by atoms with Gasteiger partial charge in [-0.15, -0.1) is 0 Å². The van der Waals surface area contributed by atoms with E-state index in [0.29, 0.717) is 17.4 Å². The van der Waals surface area contributed by atoms with Crippen LogP contribution in [0.25, 0.3) is 0 Å². The van der Waals surface area contributed by atoms with Gasteiger partial charge in [0.15, 0.2) is 0 Å². The summed E-state index contributed by atoms with van der Waals surface area (Å²) in [6.45, 7) is 3.96. The third-order valence-electron chi connectivity index (χ3n) is 3.86. The third kappa shape index (κ3) is 6.51. The van der Waals surface area contributed by atoms with Crippen LogP contribution in [-0.2, 0) is 19.1 Å². The fourth-order valence-corrected chi connectivity index (χ4v) is 3.34. The zero-order valence-corrected chi connectivity index (χ0v) is 15.0. The number of esters is 2. The maximum atomic E-state index is 11.7. The first-order valence-corrected chi connectivity index (χ1v) is 10.1. The van der Waals surface area contributed by atoms with Crippen molar-refractivity contribution in [2.75, 3.05) is 24.0 Å². The smallest absolute Gasteiger partial charge is 0.316 e. The van der Waals surface area contributed by atoms with E-state index in [4.69, 9.17) is 9.47 Å². The van der Waals surface area contributed by atoms with Crippen LogP contribution in [0.3, 0.4) is 0 Å². The second-order valence-corrected chi connectivity index (χ2v) is 7.64. The third-order valence-corrected chi connectivity index (χ3v) is 4.91. The molecule has 0 unspecified atom stereocenters. The van der Waals surface area contributed by atoms with Gasteiger partial charge in [-0.1, -0.05) is 0 Å². The van der Waals surface area contributed by atoms with Gasteiger partial charge in [0.1, 0.15) is 11.7 Å². The molecule has 122 valence electrons. The van der Waals surface area contributed by atoms with E-state index in [2.05, 4.69) is 0 Å². The summed E-state index contributed by atoms with van der Waals surface area (Å²) in [6, 6.07) is 0. The van der Waals surface area contributed by atoms with Gasteiger partial charge in [0.05, 0.1) is 11.5 Å². The Hall–Kier alpha value is -0.360. The molecule has 0 aliphatic heterocycles. The molecule has 1 fully saturated rings. The minimum absolute atomic E-state index is 0.0265. The fourth-order valence-electron chi connectivity index (χ4n) is 2.74. The quantitative estimate of drug-likeness (QED) is 0.667. The van der Waals surface area contributed by atoms with Gasteiger partial charge in [0, 0.05) is 0 Å². The molecule has 0 spiro atoms. The Bertz CT molecular complexity index is 350. The molecule has 0 aromatic carbocycles. The van der Waals surface area contributed by atoms with E-state index in [1.165, 1.54) is 23.5 Å². The summed E-state index contributed by atoms with van der Waals surface area (Å²) in [5.74, 6) is 0.861. The Morgan fingerprint density at radius 2 is 1.52 bits per heavy atom. The SMILES string of the molecule is CSCC(=O)OC1CCC(C(C)(C)OC(=O)CSC)CC1. The van der Waals surface area contributed by atoms with Crippen molar-refractivity contribution in [2.24, 2.45) is 5.92 Å². The molecule has 0 N–H and O–H groups in total. The predicted octanol–water partition coefficient (Wildman–Crippen LogP) is 3.14. The molecule has 0 heterocycles. The van der Waals surface area contributed by atoms with Crippen LogP contribution in [0, 0.1) is 5.92 Å². The number of carbonyl (C=O) groups excluding carboxylic acids is 2. The van der Waals surface area contributed by atoms with E-state index in [1.807, 2.05) is 26.4 Å². The lowest BCUT2D eigenvalue weighted by atomic mass is 9.77. The summed E-state index contributed by atoms with van der Waals surface area (Å²) in [5, 5.41) is 0. The van der Waals surface area contributed by atoms with E-state index in [1.54, 1.807) is 0 Å². The monoisotopic (exact) mass is 334 g/mol. The molecular weight excluding hydrogens is 308 g/mol. The molecule has 6 heteroatoms. The molecule has 1 rings (SSSR count). The van der Waals surface area contributed by atoms with Crippen LogP contribution >= 0.6 is 23.5 Å². The molecule has 1 aliphatic rings. The van der Waals surface area contributed by atoms with Crippen LogP contribution in [-0.4, -0.2) is 47.7 Å². The van der Waals surface area contributed by atoms with Crippen molar-refractivity contribution in [1.29, 1.82) is 0 Å². The lowest BCUT2D eigenvalue weighted by Gasteiger charge is -2.38. The average Bonchev–Trinajstić information content (AvgIpc) is 2.39. The van der Waals surface area contributed by atoms with E-state index < -0.39 is 5.60 Å². The first-order chi connectivity index (χ1) is 9.89. The molecule has 0 aromatic rings. The summed E-state index contributed by atoms with van der Waals surface area (Å²) in [4.78, 5) is 23.2. The Kier molecular flexibility index (Phi) is 7.95. The predicted molar refractivity (Wildman–Crippen MR) is 88.8 cm³/mol. The van der Waals surface area contributed by atoms with Crippen molar-refractivity contribution in [3.8, 4) is 0 Å². The first kappa shape index (κ1) is 18.7. The standard InChI is InChI=1S/C15H26O4S2/c1-15(2,19-14(17)10-21-4)11-5-7-12(8-6-11)18-13(16)9-20-3/h11-12H,5-10H2,1-4H3. The molecule has 1 aliphatic carbocycles. The molecule has 0 atom stereocenters. The van der Waals surface area contributed by atoms with Gasteiger partial charge in [-0.25, -0.2) is 0 Å². The van der Waals surface area contributed by atoms with Crippen LogP contribution in [0.4, 0.5) is 0 Å². The largest absolute Gasteiger partial charge is 0.462 e. The summed E-state index contributed by atoms with van der Waals surface area (Å²) >= 11 is 2.96. The van der Waals surface area contributed by atoms with Crippen LogP contribution in [0.2, 0.25) is 0 Å². The highest BCUT2D eigenvalue weighted by molar-refractivity contribution is 7.99. The van der Waals surface area contributed by atoms with Gasteiger partial charge >= 0.3 is 11.9 Å². The summed E-state index contributed by atoms with van der Waals surface area (Å²) in [7, 11) is 0. The fraction of sp³-hybridized carbons (Fsp3) is 0.867. The van der Waals surface area contributed by atoms with Crippen molar-refractivity contribution < 1.29 is 19.1 Å². The van der Waals surface area contributed by atoms with Gasteiger partial charge in [-0.2, -0.15) is 23.5 Å². The lowest BCUT2D eigenvalue weighted by Crippen LogP contribution is -2.40. The van der Waals surface area contributed by atoms with Crippen molar-refractivity contribution >= 4 is 35.5 Å². The molecular formula is C15H26O4S2. The van der Waals surface area contributed by atoms with Crippen molar-refractivity contribution in [1.82, 2.24) is 0 Å². The first-order valence-electron chi connectivity index (χ1n) is 7.28. The molecule has 4 nitrogen and oxygen atoms in total. The summed E-state index contributed by atoms with van der Waals surface area (Å²) < 4.78 is 11.0. The normalized spacial score (nSPS) is 22.7. The Morgan fingerprint density at radius 1 is 1.00 bits per heavy atom. The van der Waals surface area contributed by atoms with Crippen molar-refractivity contribution in [3.05, 3.63) is 0 Å². The van der Waals surface area contributed by atoms with Gasteiger partial charge in [0.2, 0.25) is 0 Å². The van der Waals surface area contributed by atoms with Crippen LogP contribution in [0.1, 0.15) is 39.5 Å². The summed E-state index contributed by atoms with van der Waals surface area (Å²) in [6.07, 6.45) is 7.38. The highest BCUT2D eigenvalue weighted by atomic mass is 32.2. The highest BCUT2D eigenvalue weighted by Crippen LogP contribution is 2.36. The van der Waals surface area contributed by atoms with Gasteiger partial charge in [-0.3, -0.25) is 9.59 Å². The van der Waals surface area contributed by atoms with E-state index in [9.17, 15) is 9.59 Å². The molecule has 0 aromatic heterocycles. The molecule has 21 heavy (non-hydrogen) atoms. The zero-order valence-electron chi connectivity index (χ0n) is 13.3. The van der Waals surface area contributed by atoms with Crippen LogP contribution in [0.15, 0.2) is 0 Å². The minimum atomic E-state index is -0.443. The second-order valence-electron chi connectivity index (χ2n) is 5.91.